The van der Waals surface area contributed by atoms with Gasteiger partial charge in [0.15, 0.2) is 0 Å². The summed E-state index contributed by atoms with van der Waals surface area (Å²) in [4.78, 5) is 59.3. The van der Waals surface area contributed by atoms with Crippen molar-refractivity contribution >= 4 is 46.6 Å². The predicted octanol–water partition coefficient (Wildman–Crippen LogP) is 7.51. The average molecular weight is 793 g/mol. The van der Waals surface area contributed by atoms with E-state index < -0.39 is 0 Å². The number of hydrogen-bond acceptors (Lipinski definition) is 12. The van der Waals surface area contributed by atoms with Gasteiger partial charge in [-0.2, -0.15) is 0 Å². The first-order valence-corrected chi connectivity index (χ1v) is 20.3. The summed E-state index contributed by atoms with van der Waals surface area (Å²) < 4.78 is 20.9. The van der Waals surface area contributed by atoms with Gasteiger partial charge in [-0.1, -0.05) is 0 Å². The molecule has 12 nitrogen and oxygen atoms in total. The lowest BCUT2D eigenvalue weighted by molar-refractivity contribution is 0.0517. The first kappa shape index (κ1) is 43.1. The molecule has 1 aliphatic rings. The monoisotopic (exact) mass is 792 g/mol. The molecule has 0 spiro atoms. The van der Waals surface area contributed by atoms with Crippen LogP contribution in [-0.4, -0.2) is 103 Å². The van der Waals surface area contributed by atoms with Crippen molar-refractivity contribution in [1.82, 2.24) is 0 Å². The molecule has 12 heteroatoms. The third-order valence-corrected chi connectivity index (χ3v) is 9.97. The number of carbonyl (C=O) groups is 4. The minimum atomic E-state index is -0.346. The number of rotatable bonds is 12. The lowest BCUT2D eigenvalue weighted by Gasteiger charge is -2.35. The Hall–Kier alpha value is -6.04. The molecular formula is C46H56N4O8. The van der Waals surface area contributed by atoms with Crippen LogP contribution >= 0.6 is 0 Å². The van der Waals surface area contributed by atoms with Gasteiger partial charge in [0.1, 0.15) is 0 Å². The summed E-state index contributed by atoms with van der Waals surface area (Å²) in [6.45, 7) is 14.2. The average Bonchev–Trinajstić information content (AvgIpc) is 3.25. The molecule has 1 heterocycles. The van der Waals surface area contributed by atoms with Gasteiger partial charge < -0.3 is 38.5 Å². The number of anilines is 4. The van der Waals surface area contributed by atoms with Gasteiger partial charge in [0.05, 0.1) is 48.7 Å². The lowest BCUT2D eigenvalue weighted by Crippen LogP contribution is -2.41. The highest BCUT2D eigenvalue weighted by Crippen LogP contribution is 2.24. The second-order valence-corrected chi connectivity index (χ2v) is 13.7. The van der Waals surface area contributed by atoms with Gasteiger partial charge in [0.25, 0.3) is 0 Å². The lowest BCUT2D eigenvalue weighted by atomic mass is 10.1. The first-order chi connectivity index (χ1) is 28.2. The van der Waals surface area contributed by atoms with Gasteiger partial charge in [0, 0.05) is 75.1 Å². The molecule has 0 aliphatic carbocycles. The number of ether oxygens (including phenoxy) is 4. The Morgan fingerprint density at radius 2 is 0.534 bits per heavy atom. The van der Waals surface area contributed by atoms with Crippen LogP contribution in [0.2, 0.25) is 0 Å². The van der Waals surface area contributed by atoms with Crippen molar-refractivity contribution in [3.05, 3.63) is 119 Å². The Kier molecular flexibility index (Phi) is 16.4. The predicted molar refractivity (Wildman–Crippen MR) is 228 cm³/mol. The summed E-state index contributed by atoms with van der Waals surface area (Å²) >= 11 is 0. The van der Waals surface area contributed by atoms with E-state index in [1.807, 2.05) is 97.1 Å². The molecule has 58 heavy (non-hydrogen) atoms. The van der Waals surface area contributed by atoms with Crippen molar-refractivity contribution in [2.75, 3.05) is 98.4 Å². The fourth-order valence-corrected chi connectivity index (χ4v) is 6.96. The summed E-state index contributed by atoms with van der Waals surface area (Å²) in [5, 5.41) is 0. The van der Waals surface area contributed by atoms with E-state index in [0.717, 1.165) is 61.8 Å². The minimum absolute atomic E-state index is 0.310. The summed E-state index contributed by atoms with van der Waals surface area (Å²) in [5.74, 6) is -1.38. The van der Waals surface area contributed by atoms with Gasteiger partial charge in [-0.3, -0.25) is 0 Å². The highest BCUT2D eigenvalue weighted by atomic mass is 16.5. The van der Waals surface area contributed by atoms with Crippen molar-refractivity contribution in [1.29, 1.82) is 0 Å². The molecule has 4 aromatic rings. The van der Waals surface area contributed by atoms with E-state index >= 15 is 0 Å². The Balaban J connectivity index is 1.45. The number of carbonyl (C=O) groups excluding carboxylic acids is 4. The first-order valence-electron chi connectivity index (χ1n) is 20.3. The Morgan fingerprint density at radius 3 is 0.707 bits per heavy atom. The van der Waals surface area contributed by atoms with Crippen LogP contribution in [0.5, 0.6) is 0 Å². The fraction of sp³-hybridized carbons (Fsp3) is 0.391. The second kappa shape index (κ2) is 22.0. The molecule has 0 saturated carbocycles. The van der Waals surface area contributed by atoms with Crippen LogP contribution in [0.15, 0.2) is 97.1 Å². The standard InChI is InChI=1S/C46H56N4O8/c1-5-55-43(51)35-11-19-39(20-12-35)47-27-9-28-49(41-23-15-37(16-24-41)45(53)57-7-3)33-34-50(42-25-17-38(18-26-42)46(54)58-8-4)30-10-29-48(32-31-47)40-21-13-36(14-22-40)44(52)56-6-2/h11-26H,5-10,27-34H2,1-4H3. The van der Waals surface area contributed by atoms with Crippen molar-refractivity contribution in [3.8, 4) is 0 Å². The molecule has 4 aromatic carbocycles. The molecule has 0 bridgehead atoms. The van der Waals surface area contributed by atoms with Crippen molar-refractivity contribution in [2.45, 2.75) is 40.5 Å². The molecular weight excluding hydrogens is 737 g/mol. The zero-order valence-corrected chi connectivity index (χ0v) is 34.2. The molecule has 1 saturated heterocycles. The van der Waals surface area contributed by atoms with E-state index in [2.05, 4.69) is 19.6 Å². The largest absolute Gasteiger partial charge is 0.462 e. The van der Waals surface area contributed by atoms with Gasteiger partial charge in [-0.25, -0.2) is 19.2 Å². The summed E-state index contributed by atoms with van der Waals surface area (Å²) in [6.07, 6.45) is 1.64. The zero-order chi connectivity index (χ0) is 41.3. The zero-order valence-electron chi connectivity index (χ0n) is 34.2. The van der Waals surface area contributed by atoms with Crippen LogP contribution in [0.25, 0.3) is 0 Å². The molecule has 0 radical (unpaired) electrons. The molecule has 0 atom stereocenters. The summed E-state index contributed by atoms with van der Waals surface area (Å²) in [5.41, 5.74) is 6.03. The maximum Gasteiger partial charge on any atom is 0.338 e. The van der Waals surface area contributed by atoms with Crippen molar-refractivity contribution < 1.29 is 38.1 Å². The highest BCUT2D eigenvalue weighted by molar-refractivity contribution is 5.91. The normalized spacial score (nSPS) is 14.3. The van der Waals surface area contributed by atoms with Crippen molar-refractivity contribution in [3.63, 3.8) is 0 Å². The maximum absolute atomic E-state index is 12.5. The van der Waals surface area contributed by atoms with Gasteiger partial charge in [-0.05, 0) is 138 Å². The van der Waals surface area contributed by atoms with Crippen LogP contribution in [-0.2, 0) is 18.9 Å². The summed E-state index contributed by atoms with van der Waals surface area (Å²) in [6, 6.07) is 30.3. The third-order valence-electron chi connectivity index (χ3n) is 9.97. The quantitative estimate of drug-likeness (QED) is 0.104. The van der Waals surface area contributed by atoms with Crippen LogP contribution < -0.4 is 19.6 Å². The van der Waals surface area contributed by atoms with Gasteiger partial charge in [0.2, 0.25) is 0 Å². The number of nitrogens with zero attached hydrogens (tertiary/aromatic N) is 4. The maximum atomic E-state index is 12.5. The van der Waals surface area contributed by atoms with Crippen LogP contribution in [0, 0.1) is 0 Å². The van der Waals surface area contributed by atoms with Gasteiger partial charge in [-0.15, -0.1) is 0 Å². The molecule has 0 N–H and O–H groups in total. The Bertz CT molecular complexity index is 1640. The van der Waals surface area contributed by atoms with E-state index in [-0.39, 0.29) is 23.9 Å². The molecule has 308 valence electrons. The van der Waals surface area contributed by atoms with E-state index in [0.29, 0.717) is 74.9 Å². The third kappa shape index (κ3) is 12.0. The van der Waals surface area contributed by atoms with Crippen LogP contribution in [0.3, 0.4) is 0 Å². The molecule has 1 fully saturated rings. The molecule has 0 amide bonds. The van der Waals surface area contributed by atoms with Gasteiger partial charge >= 0.3 is 23.9 Å². The smallest absolute Gasteiger partial charge is 0.338 e. The molecule has 0 aromatic heterocycles. The number of benzene rings is 4. The van der Waals surface area contributed by atoms with E-state index in [1.165, 1.54) is 0 Å². The van der Waals surface area contributed by atoms with E-state index in [9.17, 15) is 19.2 Å². The number of esters is 4. The number of hydrogen-bond donors (Lipinski definition) is 0. The summed E-state index contributed by atoms with van der Waals surface area (Å²) in [7, 11) is 0. The van der Waals surface area contributed by atoms with Crippen LogP contribution in [0.1, 0.15) is 82.0 Å². The molecule has 5 rings (SSSR count). The topological polar surface area (TPSA) is 118 Å². The Labute approximate surface area is 342 Å². The Morgan fingerprint density at radius 1 is 0.345 bits per heavy atom. The molecule has 1 aliphatic heterocycles. The van der Waals surface area contributed by atoms with Crippen molar-refractivity contribution in [2.24, 2.45) is 0 Å². The molecule has 0 unspecified atom stereocenters. The van der Waals surface area contributed by atoms with Crippen LogP contribution in [0.4, 0.5) is 22.7 Å². The SMILES string of the molecule is CCOC(=O)c1ccc(N2CCCN(c3ccc(C(=O)OCC)cc3)CCN(c3ccc(C(=O)OCC)cc3)CCCN(c3ccc(C(=O)OCC)cc3)CC2)cc1. The fourth-order valence-electron chi connectivity index (χ4n) is 6.96. The second-order valence-electron chi connectivity index (χ2n) is 13.7. The van der Waals surface area contributed by atoms with E-state index in [4.69, 9.17) is 18.9 Å². The van der Waals surface area contributed by atoms with E-state index in [1.54, 1.807) is 27.7 Å². The minimum Gasteiger partial charge on any atom is -0.462 e. The highest BCUT2D eigenvalue weighted by Gasteiger charge is 2.19.